The minimum absolute atomic E-state index is 0.341. The van der Waals surface area contributed by atoms with Crippen LogP contribution >= 0.6 is 0 Å². The Morgan fingerprint density at radius 3 is 3.05 bits per heavy atom. The van der Waals surface area contributed by atoms with Gasteiger partial charge in [-0.2, -0.15) is 0 Å². The predicted molar refractivity (Wildman–Crippen MR) is 74.3 cm³/mol. The van der Waals surface area contributed by atoms with Crippen molar-refractivity contribution in [3.05, 3.63) is 24.0 Å². The summed E-state index contributed by atoms with van der Waals surface area (Å²) in [6, 6.07) is 4.07. The summed E-state index contributed by atoms with van der Waals surface area (Å²) < 4.78 is 4.68. The molecule has 2 atom stereocenters. The number of ether oxygens (including phenoxy) is 1. The van der Waals surface area contributed by atoms with E-state index in [0.29, 0.717) is 17.7 Å². The lowest BCUT2D eigenvalue weighted by Crippen LogP contribution is -2.43. The number of anilines is 1. The lowest BCUT2D eigenvalue weighted by molar-refractivity contribution is 0.0594. The lowest BCUT2D eigenvalue weighted by atomic mass is 9.94. The summed E-state index contributed by atoms with van der Waals surface area (Å²) in [6.45, 7) is 4.43. The number of hydrogen-bond acceptors (Lipinski definition) is 5. The lowest BCUT2D eigenvalue weighted by Gasteiger charge is -2.35. The highest BCUT2D eigenvalue weighted by Crippen LogP contribution is 2.20. The molecule has 1 aromatic heterocycles. The van der Waals surface area contributed by atoms with Crippen LogP contribution in [0, 0.1) is 5.92 Å². The summed E-state index contributed by atoms with van der Waals surface area (Å²) in [7, 11) is 3.51. The van der Waals surface area contributed by atoms with Gasteiger partial charge in [0.1, 0.15) is 5.69 Å². The van der Waals surface area contributed by atoms with Crippen LogP contribution < -0.4 is 5.32 Å². The number of esters is 1. The summed E-state index contributed by atoms with van der Waals surface area (Å²) in [5.41, 5.74) is 1.27. The van der Waals surface area contributed by atoms with E-state index in [1.54, 1.807) is 12.3 Å². The molecule has 0 amide bonds. The molecule has 1 saturated heterocycles. The number of rotatable bonds is 3. The number of carbonyl (C=O) groups excluding carboxylic acids is 1. The minimum Gasteiger partial charge on any atom is -0.464 e. The van der Waals surface area contributed by atoms with Gasteiger partial charge in [0.05, 0.1) is 7.11 Å². The summed E-state index contributed by atoms with van der Waals surface area (Å²) in [4.78, 5) is 17.8. The van der Waals surface area contributed by atoms with Crippen LogP contribution in [0.2, 0.25) is 0 Å². The largest absolute Gasteiger partial charge is 0.464 e. The number of nitrogens with one attached hydrogen (secondary N) is 1. The predicted octanol–water partition coefficient (Wildman–Crippen LogP) is 1.62. The molecule has 1 aliphatic heterocycles. The van der Waals surface area contributed by atoms with Crippen molar-refractivity contribution in [2.24, 2.45) is 5.92 Å². The van der Waals surface area contributed by atoms with E-state index in [1.807, 2.05) is 6.07 Å². The number of carbonyl (C=O) groups is 1. The Hall–Kier alpha value is -1.62. The number of piperidine rings is 1. The third kappa shape index (κ3) is 3.44. The molecule has 19 heavy (non-hydrogen) atoms. The second-order valence-corrected chi connectivity index (χ2v) is 5.20. The molecule has 1 aliphatic rings. The Balaban J connectivity index is 2.04. The number of aromatic nitrogens is 1. The molecule has 104 valence electrons. The van der Waals surface area contributed by atoms with E-state index in [1.165, 1.54) is 7.11 Å². The van der Waals surface area contributed by atoms with E-state index in [4.69, 9.17) is 0 Å². The molecule has 0 aromatic carbocycles. The summed E-state index contributed by atoms with van der Waals surface area (Å²) >= 11 is 0. The fourth-order valence-corrected chi connectivity index (χ4v) is 2.52. The van der Waals surface area contributed by atoms with Crippen LogP contribution in [0.25, 0.3) is 0 Å². The Kier molecular flexibility index (Phi) is 4.37. The van der Waals surface area contributed by atoms with Gasteiger partial charge < -0.3 is 15.0 Å². The first-order valence-electron chi connectivity index (χ1n) is 6.59. The number of likely N-dealkylation sites (tertiary alicyclic amines) is 1. The van der Waals surface area contributed by atoms with Crippen LogP contribution in [0.15, 0.2) is 18.3 Å². The molecule has 0 spiro atoms. The van der Waals surface area contributed by atoms with Gasteiger partial charge in [-0.3, -0.25) is 0 Å². The summed E-state index contributed by atoms with van der Waals surface area (Å²) in [5, 5.41) is 3.50. The van der Waals surface area contributed by atoms with Gasteiger partial charge in [0.25, 0.3) is 0 Å². The molecule has 5 nitrogen and oxygen atoms in total. The third-order valence-corrected chi connectivity index (χ3v) is 3.61. The van der Waals surface area contributed by atoms with Crippen molar-refractivity contribution in [2.45, 2.75) is 19.4 Å². The van der Waals surface area contributed by atoms with Crippen molar-refractivity contribution in [3.63, 3.8) is 0 Å². The van der Waals surface area contributed by atoms with Gasteiger partial charge in [-0.15, -0.1) is 0 Å². The van der Waals surface area contributed by atoms with Crippen molar-refractivity contribution in [2.75, 3.05) is 32.6 Å². The highest BCUT2D eigenvalue weighted by Gasteiger charge is 2.24. The fraction of sp³-hybridized carbons (Fsp3) is 0.571. The second kappa shape index (κ2) is 6.02. The molecule has 1 aromatic rings. The number of methoxy groups -OCH3 is 1. The summed E-state index contributed by atoms with van der Waals surface area (Å²) in [6.07, 6.45) is 2.74. The molecule has 1 N–H and O–H groups in total. The third-order valence-electron chi connectivity index (χ3n) is 3.61. The molecule has 2 rings (SSSR count). The van der Waals surface area contributed by atoms with E-state index in [2.05, 4.69) is 33.9 Å². The van der Waals surface area contributed by atoms with Crippen molar-refractivity contribution in [1.29, 1.82) is 0 Å². The first-order chi connectivity index (χ1) is 9.10. The van der Waals surface area contributed by atoms with E-state index >= 15 is 0 Å². The first kappa shape index (κ1) is 13.8. The van der Waals surface area contributed by atoms with Gasteiger partial charge in [0.2, 0.25) is 0 Å². The Bertz CT molecular complexity index is 450. The van der Waals surface area contributed by atoms with Crippen LogP contribution in [0.1, 0.15) is 23.8 Å². The van der Waals surface area contributed by atoms with Crippen LogP contribution in [0.3, 0.4) is 0 Å². The van der Waals surface area contributed by atoms with Crippen LogP contribution in [-0.2, 0) is 4.74 Å². The SMILES string of the molecule is COC(=O)c1cc(NC2CCN(C)CC2C)ccn1. The number of nitrogens with zero attached hydrogens (tertiary/aromatic N) is 2. The normalized spacial score (nSPS) is 23.9. The maximum Gasteiger partial charge on any atom is 0.356 e. The van der Waals surface area contributed by atoms with E-state index in [-0.39, 0.29) is 0 Å². The molecule has 2 heterocycles. The van der Waals surface area contributed by atoms with E-state index in [0.717, 1.165) is 25.2 Å². The van der Waals surface area contributed by atoms with Gasteiger partial charge in [-0.1, -0.05) is 6.92 Å². The van der Waals surface area contributed by atoms with E-state index in [9.17, 15) is 4.79 Å². The maximum atomic E-state index is 11.4. The Labute approximate surface area is 114 Å². The molecular formula is C14H21N3O2. The summed E-state index contributed by atoms with van der Waals surface area (Å²) in [5.74, 6) is 0.175. The van der Waals surface area contributed by atoms with Crippen molar-refractivity contribution in [3.8, 4) is 0 Å². The molecule has 2 unspecified atom stereocenters. The average molecular weight is 263 g/mol. The zero-order valence-corrected chi connectivity index (χ0v) is 11.7. The Morgan fingerprint density at radius 1 is 1.58 bits per heavy atom. The maximum absolute atomic E-state index is 11.4. The second-order valence-electron chi connectivity index (χ2n) is 5.20. The van der Waals surface area contributed by atoms with Crippen LogP contribution in [0.4, 0.5) is 5.69 Å². The van der Waals surface area contributed by atoms with Crippen molar-refractivity contribution >= 4 is 11.7 Å². The van der Waals surface area contributed by atoms with Crippen LogP contribution in [-0.4, -0.2) is 49.1 Å². The van der Waals surface area contributed by atoms with Gasteiger partial charge in [0.15, 0.2) is 0 Å². The van der Waals surface area contributed by atoms with Gasteiger partial charge in [0, 0.05) is 24.5 Å². The number of pyridine rings is 1. The molecule has 0 aliphatic carbocycles. The zero-order chi connectivity index (χ0) is 13.8. The van der Waals surface area contributed by atoms with Gasteiger partial charge in [-0.25, -0.2) is 9.78 Å². The molecular weight excluding hydrogens is 242 g/mol. The molecule has 0 saturated carbocycles. The first-order valence-corrected chi connectivity index (χ1v) is 6.59. The molecule has 5 heteroatoms. The highest BCUT2D eigenvalue weighted by atomic mass is 16.5. The highest BCUT2D eigenvalue weighted by molar-refractivity contribution is 5.88. The van der Waals surface area contributed by atoms with Gasteiger partial charge >= 0.3 is 5.97 Å². The average Bonchev–Trinajstić information content (AvgIpc) is 2.41. The van der Waals surface area contributed by atoms with Crippen molar-refractivity contribution < 1.29 is 9.53 Å². The molecule has 0 radical (unpaired) electrons. The molecule has 0 bridgehead atoms. The van der Waals surface area contributed by atoms with Gasteiger partial charge in [-0.05, 0) is 38.1 Å². The minimum atomic E-state index is -0.403. The standard InChI is InChI=1S/C14H21N3O2/c1-10-9-17(2)7-5-12(10)16-11-4-6-15-13(8-11)14(18)19-3/h4,6,8,10,12H,5,7,9H2,1-3H3,(H,15,16). The van der Waals surface area contributed by atoms with Crippen molar-refractivity contribution in [1.82, 2.24) is 9.88 Å². The quantitative estimate of drug-likeness (QED) is 0.840. The monoisotopic (exact) mass is 263 g/mol. The van der Waals surface area contributed by atoms with E-state index < -0.39 is 5.97 Å². The Morgan fingerprint density at radius 2 is 2.37 bits per heavy atom. The smallest absolute Gasteiger partial charge is 0.356 e. The molecule has 1 fully saturated rings. The van der Waals surface area contributed by atoms with Crippen LogP contribution in [0.5, 0.6) is 0 Å². The topological polar surface area (TPSA) is 54.5 Å². The fourth-order valence-electron chi connectivity index (χ4n) is 2.52. The number of hydrogen-bond donors (Lipinski definition) is 1. The zero-order valence-electron chi connectivity index (χ0n) is 11.7.